The molecule has 1 aliphatic heterocycles. The van der Waals surface area contributed by atoms with E-state index in [1.54, 1.807) is 0 Å². The van der Waals surface area contributed by atoms with Gasteiger partial charge in [-0.15, -0.1) is 0 Å². The van der Waals surface area contributed by atoms with Crippen LogP contribution in [-0.4, -0.2) is 22.7 Å². The highest BCUT2D eigenvalue weighted by Crippen LogP contribution is 2.27. The smallest absolute Gasteiger partial charge is 0.0669 e. The zero-order chi connectivity index (χ0) is 11.5. The predicted molar refractivity (Wildman–Crippen MR) is 71.1 cm³/mol. The maximum atomic E-state index is 9.77. The SMILES string of the molecule is CC(C)c1ccc(CC2CSCC2O)cc1. The van der Waals surface area contributed by atoms with Gasteiger partial charge in [0.05, 0.1) is 6.10 Å². The molecule has 0 radical (unpaired) electrons. The van der Waals surface area contributed by atoms with Crippen LogP contribution in [0.3, 0.4) is 0 Å². The van der Waals surface area contributed by atoms with Crippen LogP contribution in [0.2, 0.25) is 0 Å². The molecule has 0 amide bonds. The van der Waals surface area contributed by atoms with Crippen LogP contribution in [0.25, 0.3) is 0 Å². The van der Waals surface area contributed by atoms with Gasteiger partial charge in [0, 0.05) is 5.75 Å². The number of hydrogen-bond donors (Lipinski definition) is 1. The highest BCUT2D eigenvalue weighted by Gasteiger charge is 2.25. The molecule has 1 aromatic rings. The third-order valence-corrected chi connectivity index (χ3v) is 4.55. The van der Waals surface area contributed by atoms with Crippen molar-refractivity contribution >= 4 is 11.8 Å². The van der Waals surface area contributed by atoms with E-state index in [0.717, 1.165) is 17.9 Å². The predicted octanol–water partition coefficient (Wildman–Crippen LogP) is 3.08. The molecular formula is C14H20OS. The summed E-state index contributed by atoms with van der Waals surface area (Å²) in [5.74, 6) is 3.07. The largest absolute Gasteiger partial charge is 0.392 e. The third kappa shape index (κ3) is 2.80. The molecule has 0 spiro atoms. The molecule has 2 unspecified atom stereocenters. The van der Waals surface area contributed by atoms with Crippen molar-refractivity contribution < 1.29 is 5.11 Å². The number of thioether (sulfide) groups is 1. The van der Waals surface area contributed by atoms with Crippen LogP contribution in [0.5, 0.6) is 0 Å². The van der Waals surface area contributed by atoms with Gasteiger partial charge in [0.2, 0.25) is 0 Å². The first kappa shape index (κ1) is 12.0. The Morgan fingerprint density at radius 2 is 1.94 bits per heavy atom. The van der Waals surface area contributed by atoms with Gasteiger partial charge >= 0.3 is 0 Å². The monoisotopic (exact) mass is 236 g/mol. The summed E-state index contributed by atoms with van der Waals surface area (Å²) in [7, 11) is 0. The Labute approximate surface area is 102 Å². The summed E-state index contributed by atoms with van der Waals surface area (Å²) in [5.41, 5.74) is 2.75. The number of hydrogen-bond acceptors (Lipinski definition) is 2. The van der Waals surface area contributed by atoms with Crippen molar-refractivity contribution in [3.63, 3.8) is 0 Å². The molecule has 1 aliphatic rings. The summed E-state index contributed by atoms with van der Waals surface area (Å²) in [4.78, 5) is 0. The molecule has 0 aromatic heterocycles. The topological polar surface area (TPSA) is 20.2 Å². The third-order valence-electron chi connectivity index (χ3n) is 3.31. The van der Waals surface area contributed by atoms with E-state index in [-0.39, 0.29) is 6.10 Å². The molecule has 88 valence electrons. The molecule has 2 heteroatoms. The second-order valence-electron chi connectivity index (χ2n) is 4.97. The Morgan fingerprint density at radius 3 is 2.44 bits per heavy atom. The molecule has 0 aliphatic carbocycles. The summed E-state index contributed by atoms with van der Waals surface area (Å²) < 4.78 is 0. The fraction of sp³-hybridized carbons (Fsp3) is 0.571. The number of aliphatic hydroxyl groups is 1. The van der Waals surface area contributed by atoms with E-state index >= 15 is 0 Å². The van der Waals surface area contributed by atoms with Gasteiger partial charge in [-0.1, -0.05) is 38.1 Å². The van der Waals surface area contributed by atoms with Gasteiger partial charge in [0.15, 0.2) is 0 Å². The molecule has 2 atom stereocenters. The van der Waals surface area contributed by atoms with Crippen LogP contribution in [0.1, 0.15) is 30.9 Å². The summed E-state index contributed by atoms with van der Waals surface area (Å²) in [6.07, 6.45) is 0.918. The lowest BCUT2D eigenvalue weighted by Gasteiger charge is -2.14. The van der Waals surface area contributed by atoms with Crippen LogP contribution in [-0.2, 0) is 6.42 Å². The van der Waals surface area contributed by atoms with Gasteiger partial charge < -0.3 is 5.11 Å². The minimum atomic E-state index is -0.102. The molecule has 1 heterocycles. The number of benzene rings is 1. The minimum absolute atomic E-state index is 0.102. The molecule has 16 heavy (non-hydrogen) atoms. The van der Waals surface area contributed by atoms with Crippen LogP contribution in [0, 0.1) is 5.92 Å². The molecule has 1 saturated heterocycles. The van der Waals surface area contributed by atoms with Gasteiger partial charge in [0.25, 0.3) is 0 Å². The van der Waals surface area contributed by atoms with Crippen LogP contribution >= 0.6 is 11.8 Å². The molecular weight excluding hydrogens is 216 g/mol. The molecule has 1 fully saturated rings. The van der Waals surface area contributed by atoms with Gasteiger partial charge in [-0.05, 0) is 35.1 Å². The fourth-order valence-electron chi connectivity index (χ4n) is 2.12. The Bertz CT molecular complexity index is 331. The van der Waals surface area contributed by atoms with Crippen LogP contribution < -0.4 is 0 Å². The van der Waals surface area contributed by atoms with Crippen molar-refractivity contribution in [1.82, 2.24) is 0 Å². The lowest BCUT2D eigenvalue weighted by molar-refractivity contribution is 0.150. The first-order valence-electron chi connectivity index (χ1n) is 6.01. The van der Waals surface area contributed by atoms with Crippen LogP contribution in [0.4, 0.5) is 0 Å². The lowest BCUT2D eigenvalue weighted by atomic mass is 9.94. The fourth-order valence-corrected chi connectivity index (χ4v) is 3.42. The van der Waals surface area contributed by atoms with Crippen molar-refractivity contribution in [2.75, 3.05) is 11.5 Å². The standard InChI is InChI=1S/C14H20OS/c1-10(2)12-5-3-11(4-6-12)7-13-8-16-9-14(13)15/h3-6,10,13-15H,7-9H2,1-2H3. The summed E-state index contributed by atoms with van der Waals surface area (Å²) >= 11 is 1.87. The van der Waals surface area contributed by atoms with Gasteiger partial charge in [-0.2, -0.15) is 11.8 Å². The normalized spacial score (nSPS) is 25.2. The number of aliphatic hydroxyl groups excluding tert-OH is 1. The zero-order valence-electron chi connectivity index (χ0n) is 10.0. The minimum Gasteiger partial charge on any atom is -0.392 e. The first-order valence-corrected chi connectivity index (χ1v) is 7.17. The van der Waals surface area contributed by atoms with E-state index < -0.39 is 0 Å². The Kier molecular flexibility index (Phi) is 3.93. The van der Waals surface area contributed by atoms with Gasteiger partial charge in [-0.3, -0.25) is 0 Å². The molecule has 2 rings (SSSR count). The maximum absolute atomic E-state index is 9.77. The van der Waals surface area contributed by atoms with Crippen molar-refractivity contribution in [3.05, 3.63) is 35.4 Å². The second kappa shape index (κ2) is 5.24. The van der Waals surface area contributed by atoms with E-state index in [0.29, 0.717) is 11.8 Å². The Morgan fingerprint density at radius 1 is 1.25 bits per heavy atom. The molecule has 0 bridgehead atoms. The van der Waals surface area contributed by atoms with E-state index in [1.807, 2.05) is 11.8 Å². The molecule has 1 aromatic carbocycles. The quantitative estimate of drug-likeness (QED) is 0.870. The molecule has 0 saturated carbocycles. The van der Waals surface area contributed by atoms with Gasteiger partial charge in [-0.25, -0.2) is 0 Å². The summed E-state index contributed by atoms with van der Waals surface area (Å²) in [5, 5.41) is 9.77. The van der Waals surface area contributed by atoms with E-state index in [1.165, 1.54) is 11.1 Å². The lowest BCUT2D eigenvalue weighted by Crippen LogP contribution is -2.19. The number of rotatable bonds is 3. The van der Waals surface area contributed by atoms with Crippen molar-refractivity contribution in [2.45, 2.75) is 32.3 Å². The second-order valence-corrected chi connectivity index (χ2v) is 6.04. The average Bonchev–Trinajstić information content (AvgIpc) is 2.65. The zero-order valence-corrected chi connectivity index (χ0v) is 10.8. The highest BCUT2D eigenvalue weighted by molar-refractivity contribution is 7.99. The Hall–Kier alpha value is -0.470. The van der Waals surface area contributed by atoms with Crippen LogP contribution in [0.15, 0.2) is 24.3 Å². The first-order chi connectivity index (χ1) is 7.66. The van der Waals surface area contributed by atoms with Crippen molar-refractivity contribution in [3.8, 4) is 0 Å². The van der Waals surface area contributed by atoms with Gasteiger partial charge in [0.1, 0.15) is 0 Å². The van der Waals surface area contributed by atoms with E-state index in [4.69, 9.17) is 0 Å². The molecule has 1 nitrogen and oxygen atoms in total. The van der Waals surface area contributed by atoms with Crippen molar-refractivity contribution in [2.24, 2.45) is 5.92 Å². The average molecular weight is 236 g/mol. The maximum Gasteiger partial charge on any atom is 0.0669 e. The summed E-state index contributed by atoms with van der Waals surface area (Å²) in [6, 6.07) is 8.86. The van der Waals surface area contributed by atoms with E-state index in [2.05, 4.69) is 38.1 Å². The highest BCUT2D eigenvalue weighted by atomic mass is 32.2. The Balaban J connectivity index is 1.99. The van der Waals surface area contributed by atoms with E-state index in [9.17, 15) is 5.11 Å². The molecule has 1 N–H and O–H groups in total. The summed E-state index contributed by atoms with van der Waals surface area (Å²) in [6.45, 7) is 4.43. The van der Waals surface area contributed by atoms with Crippen molar-refractivity contribution in [1.29, 1.82) is 0 Å².